The molecular formula is C18H25N3O2S. The Bertz CT molecular complexity index is 643. The highest BCUT2D eigenvalue weighted by atomic mass is 32.1. The van der Waals surface area contributed by atoms with Gasteiger partial charge in [-0.2, -0.15) is 0 Å². The number of carbonyl (C=O) groups is 1. The molecule has 0 saturated carbocycles. The molecular weight excluding hydrogens is 322 g/mol. The fourth-order valence-corrected chi connectivity index (χ4v) is 3.14. The highest BCUT2D eigenvalue weighted by Gasteiger charge is 2.15. The number of aliphatic hydroxyl groups excluding tert-OH is 1. The molecule has 0 aliphatic rings. The summed E-state index contributed by atoms with van der Waals surface area (Å²) in [5, 5.41) is 17.0. The zero-order valence-corrected chi connectivity index (χ0v) is 15.1. The lowest BCUT2D eigenvalue weighted by molar-refractivity contribution is 0.239. The molecule has 0 aliphatic heterocycles. The van der Waals surface area contributed by atoms with Crippen molar-refractivity contribution in [3.05, 3.63) is 46.7 Å². The third-order valence-corrected chi connectivity index (χ3v) is 4.88. The molecule has 6 heteroatoms. The highest BCUT2D eigenvalue weighted by Crippen LogP contribution is 2.23. The second kappa shape index (κ2) is 8.70. The summed E-state index contributed by atoms with van der Waals surface area (Å²) >= 11 is 1.57. The number of rotatable bonds is 7. The monoisotopic (exact) mass is 347 g/mol. The fraction of sp³-hybridized carbons (Fsp3) is 0.389. The summed E-state index contributed by atoms with van der Waals surface area (Å²) in [7, 11) is 2.03. The van der Waals surface area contributed by atoms with Crippen molar-refractivity contribution in [3.8, 4) is 0 Å². The zero-order valence-electron chi connectivity index (χ0n) is 14.3. The lowest BCUT2D eigenvalue weighted by atomic mass is 10.2. The lowest BCUT2D eigenvalue weighted by Crippen LogP contribution is -2.33. The molecule has 24 heavy (non-hydrogen) atoms. The van der Waals surface area contributed by atoms with Crippen LogP contribution in [-0.4, -0.2) is 30.8 Å². The third kappa shape index (κ3) is 4.97. The van der Waals surface area contributed by atoms with Gasteiger partial charge in [0.1, 0.15) is 0 Å². The molecule has 2 rings (SSSR count). The molecule has 0 radical (unpaired) electrons. The van der Waals surface area contributed by atoms with Gasteiger partial charge in [0.2, 0.25) is 0 Å². The smallest absolute Gasteiger partial charge is 0.319 e. The molecule has 1 aromatic heterocycles. The van der Waals surface area contributed by atoms with Crippen LogP contribution in [0.1, 0.15) is 31.2 Å². The van der Waals surface area contributed by atoms with Crippen molar-refractivity contribution in [2.75, 3.05) is 23.9 Å². The predicted octanol–water partition coefficient (Wildman–Crippen LogP) is 3.84. The number of nitrogens with one attached hydrogen (secondary N) is 2. The Morgan fingerprint density at radius 1 is 1.29 bits per heavy atom. The minimum Gasteiger partial charge on any atom is -0.396 e. The van der Waals surface area contributed by atoms with E-state index in [9.17, 15) is 9.90 Å². The number of hydrogen-bond donors (Lipinski definition) is 3. The molecule has 0 spiro atoms. The van der Waals surface area contributed by atoms with E-state index < -0.39 is 0 Å². The molecule has 2 aromatic rings. The molecule has 0 saturated heterocycles. The number of amides is 2. The van der Waals surface area contributed by atoms with Gasteiger partial charge in [-0.1, -0.05) is 12.1 Å². The molecule has 1 heterocycles. The number of aliphatic hydroxyl groups is 1. The minimum atomic E-state index is -0.272. The average Bonchev–Trinajstić information content (AvgIpc) is 3.08. The normalized spacial score (nSPS) is 12.0. The number of anilines is 2. The van der Waals surface area contributed by atoms with Crippen LogP contribution in [0.3, 0.4) is 0 Å². The fourth-order valence-electron chi connectivity index (χ4n) is 2.33. The topological polar surface area (TPSA) is 64.6 Å². The molecule has 1 atom stereocenters. The predicted molar refractivity (Wildman–Crippen MR) is 101 cm³/mol. The molecule has 130 valence electrons. The van der Waals surface area contributed by atoms with Crippen molar-refractivity contribution in [2.45, 2.75) is 32.4 Å². The van der Waals surface area contributed by atoms with Gasteiger partial charge in [0, 0.05) is 35.9 Å². The number of urea groups is 1. The summed E-state index contributed by atoms with van der Waals surface area (Å²) in [4.78, 5) is 15.5. The van der Waals surface area contributed by atoms with Crippen LogP contribution < -0.4 is 15.5 Å². The van der Waals surface area contributed by atoms with Crippen LogP contribution in [-0.2, 0) is 0 Å². The van der Waals surface area contributed by atoms with E-state index in [0.717, 1.165) is 16.3 Å². The molecule has 1 aromatic carbocycles. The maximum atomic E-state index is 12.3. The van der Waals surface area contributed by atoms with E-state index in [4.69, 9.17) is 0 Å². The van der Waals surface area contributed by atoms with Crippen LogP contribution in [0.5, 0.6) is 0 Å². The van der Waals surface area contributed by atoms with Gasteiger partial charge in [-0.15, -0.1) is 11.3 Å². The molecule has 2 amide bonds. The zero-order chi connectivity index (χ0) is 17.5. The van der Waals surface area contributed by atoms with E-state index in [1.54, 1.807) is 11.3 Å². The molecule has 0 unspecified atom stereocenters. The number of hydrogen-bond acceptors (Lipinski definition) is 4. The summed E-state index contributed by atoms with van der Waals surface area (Å²) < 4.78 is 0. The Morgan fingerprint density at radius 2 is 2.08 bits per heavy atom. The van der Waals surface area contributed by atoms with Gasteiger partial charge < -0.3 is 20.6 Å². The van der Waals surface area contributed by atoms with E-state index in [-0.39, 0.29) is 18.7 Å². The number of nitrogens with zero attached hydrogens (tertiary/aromatic N) is 1. The molecule has 5 nitrogen and oxygen atoms in total. The van der Waals surface area contributed by atoms with Gasteiger partial charge in [0.15, 0.2) is 0 Å². The van der Waals surface area contributed by atoms with Crippen LogP contribution in [0.2, 0.25) is 0 Å². The first-order valence-corrected chi connectivity index (χ1v) is 8.94. The first kappa shape index (κ1) is 18.3. The van der Waals surface area contributed by atoms with Gasteiger partial charge in [0.05, 0.1) is 6.04 Å². The van der Waals surface area contributed by atoms with Crippen LogP contribution in [0.4, 0.5) is 16.2 Å². The van der Waals surface area contributed by atoms with E-state index in [2.05, 4.69) is 29.4 Å². The molecule has 0 fully saturated rings. The maximum absolute atomic E-state index is 12.3. The molecule has 3 N–H and O–H groups in total. The van der Waals surface area contributed by atoms with E-state index in [1.165, 1.54) is 0 Å². The highest BCUT2D eigenvalue weighted by molar-refractivity contribution is 7.10. The summed E-state index contributed by atoms with van der Waals surface area (Å²) in [6, 6.07) is 11.6. The van der Waals surface area contributed by atoms with Gasteiger partial charge >= 0.3 is 6.03 Å². The summed E-state index contributed by atoms with van der Waals surface area (Å²) in [5.41, 5.74) is 1.79. The Labute approximate surface area is 147 Å². The number of benzene rings is 1. The van der Waals surface area contributed by atoms with Gasteiger partial charge in [-0.05, 0) is 49.9 Å². The van der Waals surface area contributed by atoms with Crippen molar-refractivity contribution in [1.82, 2.24) is 5.32 Å². The van der Waals surface area contributed by atoms with Crippen LogP contribution in [0, 0.1) is 0 Å². The van der Waals surface area contributed by atoms with Gasteiger partial charge in [-0.25, -0.2) is 4.79 Å². The summed E-state index contributed by atoms with van der Waals surface area (Å²) in [5.74, 6) is 0. The quantitative estimate of drug-likeness (QED) is 0.713. The van der Waals surface area contributed by atoms with Crippen LogP contribution in [0.15, 0.2) is 41.8 Å². The largest absolute Gasteiger partial charge is 0.396 e. The molecule has 0 aliphatic carbocycles. The SMILES string of the molecule is CC(C)N(C)c1cccc(NC(=O)N[C@H](CCO)c2cccs2)c1. The van der Waals surface area contributed by atoms with E-state index >= 15 is 0 Å². The molecule has 0 bridgehead atoms. The summed E-state index contributed by atoms with van der Waals surface area (Å²) in [6.45, 7) is 4.26. The van der Waals surface area contributed by atoms with Crippen molar-refractivity contribution in [3.63, 3.8) is 0 Å². The first-order chi connectivity index (χ1) is 11.5. The van der Waals surface area contributed by atoms with E-state index in [0.29, 0.717) is 12.5 Å². The Morgan fingerprint density at radius 3 is 2.71 bits per heavy atom. The number of carbonyl (C=O) groups excluding carboxylic acids is 1. The van der Waals surface area contributed by atoms with Crippen LogP contribution >= 0.6 is 11.3 Å². The van der Waals surface area contributed by atoms with Crippen molar-refractivity contribution >= 4 is 28.7 Å². The minimum absolute atomic E-state index is 0.0253. The Balaban J connectivity index is 2.02. The number of thiophene rings is 1. The van der Waals surface area contributed by atoms with Gasteiger partial charge in [0.25, 0.3) is 0 Å². The third-order valence-electron chi connectivity index (χ3n) is 3.90. The Hall–Kier alpha value is -2.05. The lowest BCUT2D eigenvalue weighted by Gasteiger charge is -2.24. The van der Waals surface area contributed by atoms with Crippen molar-refractivity contribution < 1.29 is 9.90 Å². The van der Waals surface area contributed by atoms with E-state index in [1.807, 2.05) is 48.8 Å². The van der Waals surface area contributed by atoms with Crippen molar-refractivity contribution in [1.29, 1.82) is 0 Å². The second-order valence-electron chi connectivity index (χ2n) is 5.93. The second-order valence-corrected chi connectivity index (χ2v) is 6.91. The summed E-state index contributed by atoms with van der Waals surface area (Å²) in [6.07, 6.45) is 0.490. The Kier molecular flexibility index (Phi) is 6.63. The average molecular weight is 347 g/mol. The van der Waals surface area contributed by atoms with Crippen LogP contribution in [0.25, 0.3) is 0 Å². The maximum Gasteiger partial charge on any atom is 0.319 e. The van der Waals surface area contributed by atoms with Gasteiger partial charge in [-0.3, -0.25) is 0 Å². The first-order valence-electron chi connectivity index (χ1n) is 8.06. The van der Waals surface area contributed by atoms with Crippen molar-refractivity contribution in [2.24, 2.45) is 0 Å². The standard InChI is InChI=1S/C18H25N3O2S/c1-13(2)21(3)15-7-4-6-14(12-15)19-18(23)20-16(9-10-22)17-8-5-11-24-17/h4-8,11-13,16,22H,9-10H2,1-3H3,(H2,19,20,23)/t16-/m1/s1.